The summed E-state index contributed by atoms with van der Waals surface area (Å²) in [5, 5.41) is 3.80. The molecular formula is C17H17N3O. The van der Waals surface area contributed by atoms with Crippen molar-refractivity contribution in [2.24, 2.45) is 0 Å². The molecule has 0 aliphatic carbocycles. The monoisotopic (exact) mass is 279 g/mol. The maximum Gasteiger partial charge on any atom is 0.257 e. The molecule has 3 rings (SSSR count). The van der Waals surface area contributed by atoms with Gasteiger partial charge in [0.1, 0.15) is 0 Å². The second-order valence-corrected chi connectivity index (χ2v) is 5.21. The Bertz CT molecular complexity index is 833. The van der Waals surface area contributed by atoms with Crippen LogP contribution in [0.3, 0.4) is 0 Å². The van der Waals surface area contributed by atoms with Gasteiger partial charge in [0.05, 0.1) is 5.56 Å². The molecule has 21 heavy (non-hydrogen) atoms. The molecule has 0 radical (unpaired) electrons. The Kier molecular flexibility index (Phi) is 3.14. The van der Waals surface area contributed by atoms with Gasteiger partial charge in [0.25, 0.3) is 5.91 Å². The van der Waals surface area contributed by atoms with E-state index >= 15 is 0 Å². The van der Waals surface area contributed by atoms with Crippen molar-refractivity contribution in [3.05, 3.63) is 59.3 Å². The Morgan fingerprint density at radius 3 is 2.81 bits per heavy atom. The Balaban J connectivity index is 1.97. The predicted molar refractivity (Wildman–Crippen MR) is 86.6 cm³/mol. The van der Waals surface area contributed by atoms with Gasteiger partial charge in [0.2, 0.25) is 0 Å². The first kappa shape index (κ1) is 13.2. The van der Waals surface area contributed by atoms with E-state index in [2.05, 4.69) is 10.3 Å². The van der Waals surface area contributed by atoms with Gasteiger partial charge in [0, 0.05) is 28.5 Å². The average Bonchev–Trinajstić information content (AvgIpc) is 2.87. The molecule has 0 bridgehead atoms. The van der Waals surface area contributed by atoms with Gasteiger partial charge in [-0.25, -0.2) is 0 Å². The average molecular weight is 279 g/mol. The van der Waals surface area contributed by atoms with Gasteiger partial charge in [-0.3, -0.25) is 4.79 Å². The molecule has 1 aromatic heterocycles. The van der Waals surface area contributed by atoms with Crippen LogP contribution in [-0.4, -0.2) is 10.9 Å². The quantitative estimate of drug-likeness (QED) is 0.627. The molecule has 4 N–H and O–H groups in total. The summed E-state index contributed by atoms with van der Waals surface area (Å²) in [5.74, 6) is -0.138. The second-order valence-electron chi connectivity index (χ2n) is 5.21. The van der Waals surface area contributed by atoms with Crippen LogP contribution in [-0.2, 0) is 0 Å². The summed E-state index contributed by atoms with van der Waals surface area (Å²) in [6, 6.07) is 11.4. The third-order valence-electron chi connectivity index (χ3n) is 3.80. The van der Waals surface area contributed by atoms with Crippen LogP contribution in [0.4, 0.5) is 11.4 Å². The number of carbonyl (C=O) groups excluding carboxylic acids is 1. The number of nitrogens with one attached hydrogen (secondary N) is 2. The fourth-order valence-electron chi connectivity index (χ4n) is 2.40. The summed E-state index contributed by atoms with van der Waals surface area (Å²) in [7, 11) is 0. The van der Waals surface area contributed by atoms with E-state index in [1.54, 1.807) is 6.20 Å². The molecule has 106 valence electrons. The van der Waals surface area contributed by atoms with Crippen LogP contribution >= 0.6 is 0 Å². The Morgan fingerprint density at radius 1 is 1.19 bits per heavy atom. The van der Waals surface area contributed by atoms with Gasteiger partial charge in [0.15, 0.2) is 0 Å². The Morgan fingerprint density at radius 2 is 2.00 bits per heavy atom. The zero-order chi connectivity index (χ0) is 15.0. The van der Waals surface area contributed by atoms with Crippen LogP contribution in [0.5, 0.6) is 0 Å². The molecule has 0 aliphatic heterocycles. The van der Waals surface area contributed by atoms with Crippen molar-refractivity contribution < 1.29 is 4.79 Å². The smallest absolute Gasteiger partial charge is 0.257 e. The number of aryl methyl sites for hydroxylation is 1. The number of benzene rings is 2. The lowest BCUT2D eigenvalue weighted by atomic mass is 10.1. The third-order valence-corrected chi connectivity index (χ3v) is 3.80. The van der Waals surface area contributed by atoms with E-state index in [1.165, 1.54) is 0 Å². The normalized spacial score (nSPS) is 10.8. The van der Waals surface area contributed by atoms with Crippen molar-refractivity contribution >= 4 is 28.2 Å². The number of carbonyl (C=O) groups is 1. The lowest BCUT2D eigenvalue weighted by molar-refractivity contribution is 0.102. The number of fused-ring (bicyclic) bond motifs is 1. The van der Waals surface area contributed by atoms with Gasteiger partial charge in [-0.05, 0) is 49.2 Å². The second kappa shape index (κ2) is 4.98. The van der Waals surface area contributed by atoms with Crippen molar-refractivity contribution in [1.29, 1.82) is 0 Å². The fraction of sp³-hybridized carbons (Fsp3) is 0.118. The molecule has 0 saturated heterocycles. The molecular weight excluding hydrogens is 262 g/mol. The number of H-pyrrole nitrogens is 1. The van der Waals surface area contributed by atoms with Crippen LogP contribution in [0.2, 0.25) is 0 Å². The summed E-state index contributed by atoms with van der Waals surface area (Å²) in [6.07, 6.45) is 1.71. The summed E-state index contributed by atoms with van der Waals surface area (Å²) >= 11 is 0. The van der Waals surface area contributed by atoms with Crippen LogP contribution in [0.15, 0.2) is 42.6 Å². The van der Waals surface area contributed by atoms with E-state index in [0.717, 1.165) is 27.7 Å². The van der Waals surface area contributed by atoms with Crippen LogP contribution in [0.25, 0.3) is 10.9 Å². The number of anilines is 2. The highest BCUT2D eigenvalue weighted by Gasteiger charge is 2.13. The van der Waals surface area contributed by atoms with E-state index in [0.29, 0.717) is 11.3 Å². The van der Waals surface area contributed by atoms with Crippen LogP contribution in [0, 0.1) is 13.8 Å². The van der Waals surface area contributed by atoms with Crippen molar-refractivity contribution in [1.82, 2.24) is 4.98 Å². The molecule has 4 nitrogen and oxygen atoms in total. The van der Waals surface area contributed by atoms with E-state index < -0.39 is 0 Å². The summed E-state index contributed by atoms with van der Waals surface area (Å²) in [6.45, 7) is 4.02. The molecule has 2 aromatic carbocycles. The SMILES string of the molecule is Cc1cccc(NC(=O)c2c[nH]c3ccc(N)cc23)c1C. The number of nitrogen functional groups attached to an aromatic ring is 1. The van der Waals surface area contributed by atoms with E-state index in [9.17, 15) is 4.79 Å². The number of amides is 1. The molecule has 1 heterocycles. The standard InChI is InChI=1S/C17H17N3O/c1-10-4-3-5-15(11(10)2)20-17(21)14-9-19-16-7-6-12(18)8-13(14)16/h3-9,19H,18H2,1-2H3,(H,20,21). The predicted octanol–water partition coefficient (Wildman–Crippen LogP) is 3.62. The van der Waals surface area contributed by atoms with Gasteiger partial charge >= 0.3 is 0 Å². The maximum atomic E-state index is 12.5. The summed E-state index contributed by atoms with van der Waals surface area (Å²) in [5.41, 5.74) is 11.0. The largest absolute Gasteiger partial charge is 0.399 e. The number of aromatic amines is 1. The highest BCUT2D eigenvalue weighted by atomic mass is 16.1. The zero-order valence-electron chi connectivity index (χ0n) is 12.0. The van der Waals surface area contributed by atoms with Gasteiger partial charge in [-0.1, -0.05) is 12.1 Å². The molecule has 4 heteroatoms. The topological polar surface area (TPSA) is 70.9 Å². The van der Waals surface area contributed by atoms with Crippen LogP contribution < -0.4 is 11.1 Å². The lowest BCUT2D eigenvalue weighted by Gasteiger charge is -2.10. The van der Waals surface area contributed by atoms with Gasteiger partial charge in [-0.15, -0.1) is 0 Å². The van der Waals surface area contributed by atoms with Crippen molar-refractivity contribution in [3.8, 4) is 0 Å². The fourth-order valence-corrected chi connectivity index (χ4v) is 2.40. The van der Waals surface area contributed by atoms with E-state index in [-0.39, 0.29) is 5.91 Å². The minimum absolute atomic E-state index is 0.138. The Hall–Kier alpha value is -2.75. The number of rotatable bonds is 2. The molecule has 0 fully saturated rings. The molecule has 1 amide bonds. The van der Waals surface area contributed by atoms with Crippen molar-refractivity contribution in [2.75, 3.05) is 11.1 Å². The van der Waals surface area contributed by atoms with E-state index in [1.807, 2.05) is 50.2 Å². The molecule has 0 aliphatic rings. The minimum atomic E-state index is -0.138. The summed E-state index contributed by atoms with van der Waals surface area (Å²) in [4.78, 5) is 15.6. The number of aromatic nitrogens is 1. The minimum Gasteiger partial charge on any atom is -0.399 e. The highest BCUT2D eigenvalue weighted by Crippen LogP contribution is 2.23. The first-order valence-corrected chi connectivity index (χ1v) is 6.80. The molecule has 3 aromatic rings. The van der Waals surface area contributed by atoms with E-state index in [4.69, 9.17) is 5.73 Å². The van der Waals surface area contributed by atoms with Crippen LogP contribution in [0.1, 0.15) is 21.5 Å². The number of hydrogen-bond donors (Lipinski definition) is 3. The molecule has 0 spiro atoms. The third kappa shape index (κ3) is 2.36. The zero-order valence-corrected chi connectivity index (χ0v) is 12.0. The van der Waals surface area contributed by atoms with Gasteiger partial charge < -0.3 is 16.0 Å². The number of hydrogen-bond acceptors (Lipinski definition) is 2. The van der Waals surface area contributed by atoms with Crippen molar-refractivity contribution in [2.45, 2.75) is 13.8 Å². The maximum absolute atomic E-state index is 12.5. The molecule has 0 saturated carbocycles. The molecule has 0 unspecified atom stereocenters. The number of nitrogens with two attached hydrogens (primary N) is 1. The summed E-state index contributed by atoms with van der Waals surface area (Å²) < 4.78 is 0. The Labute approximate surface area is 123 Å². The first-order valence-electron chi connectivity index (χ1n) is 6.80. The van der Waals surface area contributed by atoms with Gasteiger partial charge in [-0.2, -0.15) is 0 Å². The lowest BCUT2D eigenvalue weighted by Crippen LogP contribution is -2.12. The van der Waals surface area contributed by atoms with Crippen molar-refractivity contribution in [3.63, 3.8) is 0 Å². The molecule has 0 atom stereocenters. The highest BCUT2D eigenvalue weighted by molar-refractivity contribution is 6.13. The first-order chi connectivity index (χ1) is 10.1.